The number of oxime groups is 1. The maximum atomic E-state index is 12.7. The lowest BCUT2D eigenvalue weighted by Crippen LogP contribution is -2.54. The molecule has 1 aliphatic heterocycles. The molecule has 3 aromatic rings. The van der Waals surface area contributed by atoms with Crippen molar-refractivity contribution in [1.29, 1.82) is 0 Å². The van der Waals surface area contributed by atoms with Gasteiger partial charge in [-0.1, -0.05) is 23.4 Å². The summed E-state index contributed by atoms with van der Waals surface area (Å²) in [5.74, 6) is -2.80. The van der Waals surface area contributed by atoms with Crippen LogP contribution in [0.2, 0.25) is 0 Å². The molecule has 1 atom stereocenters. The first-order chi connectivity index (χ1) is 16.0. The molecule has 168 valence electrons. The van der Waals surface area contributed by atoms with Gasteiger partial charge in [0.15, 0.2) is 10.8 Å². The van der Waals surface area contributed by atoms with E-state index in [1.165, 1.54) is 17.4 Å². The molecular formula is C20H18BN5O6S. The number of nitrogens with one attached hydrogen (secondary N) is 2. The number of hydrogen-bond acceptors (Lipinski definition) is 10. The van der Waals surface area contributed by atoms with Crippen LogP contribution in [0.15, 0.2) is 53.1 Å². The van der Waals surface area contributed by atoms with E-state index in [1.807, 2.05) is 18.2 Å². The smallest absolute Gasteiger partial charge is 0.534 e. The zero-order valence-electron chi connectivity index (χ0n) is 17.0. The Morgan fingerprint density at radius 1 is 1.27 bits per heavy atom. The Labute approximate surface area is 191 Å². The maximum Gasteiger partial charge on any atom is 0.547 e. The zero-order chi connectivity index (χ0) is 23.4. The van der Waals surface area contributed by atoms with Gasteiger partial charge in [0.25, 0.3) is 5.91 Å². The van der Waals surface area contributed by atoms with Crippen LogP contribution in [0.4, 0.5) is 5.13 Å². The lowest BCUT2D eigenvalue weighted by Gasteiger charge is -2.28. The van der Waals surface area contributed by atoms with Crippen LogP contribution in [-0.2, 0) is 17.8 Å². The molecule has 0 aliphatic carbocycles. The predicted molar refractivity (Wildman–Crippen MR) is 120 cm³/mol. The molecule has 0 bridgehead atoms. The average Bonchev–Trinajstić information content (AvgIpc) is 3.27. The first-order valence-corrected chi connectivity index (χ1v) is 10.7. The van der Waals surface area contributed by atoms with E-state index >= 15 is 0 Å². The Kier molecular flexibility index (Phi) is 6.52. The standard InChI is InChI=1S/C20H18BN5O6S/c27-18(25-15-8-11-4-3-6-13(19(28)29)17(11)32-21(15)30)16(26-31)14-10-33-20(24-14)23-9-12-5-1-2-7-22-12/h1-7,10,15,30-31H,8-9H2,(H,23,24)(H,25,27)(H,28,29)/b26-16-/t15-/m0/s1. The van der Waals surface area contributed by atoms with E-state index in [0.717, 1.165) is 5.69 Å². The number of carboxylic acid groups (broad SMARTS) is 1. The number of para-hydroxylation sites is 1. The van der Waals surface area contributed by atoms with Crippen molar-refractivity contribution >= 4 is 41.2 Å². The molecule has 1 aliphatic rings. The van der Waals surface area contributed by atoms with Crippen molar-refractivity contribution in [2.24, 2.45) is 5.16 Å². The minimum Gasteiger partial charge on any atom is -0.534 e. The van der Waals surface area contributed by atoms with Crippen molar-refractivity contribution in [3.8, 4) is 5.75 Å². The highest BCUT2D eigenvalue weighted by molar-refractivity contribution is 7.14. The second-order valence-electron chi connectivity index (χ2n) is 7.05. The quantitative estimate of drug-likeness (QED) is 0.148. The van der Waals surface area contributed by atoms with Gasteiger partial charge < -0.3 is 30.6 Å². The van der Waals surface area contributed by atoms with Gasteiger partial charge in [-0.2, -0.15) is 0 Å². The third-order valence-corrected chi connectivity index (χ3v) is 5.67. The van der Waals surface area contributed by atoms with Crippen LogP contribution in [0.1, 0.15) is 27.3 Å². The van der Waals surface area contributed by atoms with Gasteiger partial charge in [-0.25, -0.2) is 9.78 Å². The van der Waals surface area contributed by atoms with Crippen molar-refractivity contribution in [3.05, 3.63) is 70.5 Å². The molecule has 3 heterocycles. The number of rotatable bonds is 7. The van der Waals surface area contributed by atoms with E-state index in [0.29, 0.717) is 17.2 Å². The molecule has 33 heavy (non-hydrogen) atoms. The zero-order valence-corrected chi connectivity index (χ0v) is 17.8. The summed E-state index contributed by atoms with van der Waals surface area (Å²) in [6.07, 6.45) is 1.80. The van der Waals surface area contributed by atoms with Crippen molar-refractivity contribution in [1.82, 2.24) is 15.3 Å². The summed E-state index contributed by atoms with van der Waals surface area (Å²) in [4.78, 5) is 32.6. The molecule has 0 saturated carbocycles. The number of aromatic nitrogens is 2. The van der Waals surface area contributed by atoms with Gasteiger partial charge in [0.2, 0.25) is 0 Å². The Balaban J connectivity index is 1.43. The number of aromatic carboxylic acids is 1. The van der Waals surface area contributed by atoms with Crippen LogP contribution in [-0.4, -0.2) is 56.0 Å². The van der Waals surface area contributed by atoms with E-state index in [1.54, 1.807) is 23.7 Å². The highest BCUT2D eigenvalue weighted by Gasteiger charge is 2.38. The summed E-state index contributed by atoms with van der Waals surface area (Å²) in [5, 5.41) is 39.8. The fourth-order valence-electron chi connectivity index (χ4n) is 3.30. The molecule has 0 spiro atoms. The lowest BCUT2D eigenvalue weighted by molar-refractivity contribution is -0.115. The number of pyridine rings is 1. The number of thiazole rings is 1. The molecule has 1 amide bonds. The predicted octanol–water partition coefficient (Wildman–Crippen LogP) is 1.17. The number of carbonyl (C=O) groups is 2. The fraction of sp³-hybridized carbons (Fsp3) is 0.150. The van der Waals surface area contributed by atoms with Gasteiger partial charge in [-0.3, -0.25) is 9.78 Å². The number of nitrogens with zero attached hydrogens (tertiary/aromatic N) is 3. The first-order valence-electron chi connectivity index (χ1n) is 9.78. The molecule has 0 radical (unpaired) electrons. The third kappa shape index (κ3) is 4.94. The Morgan fingerprint density at radius 3 is 2.85 bits per heavy atom. The molecule has 0 unspecified atom stereocenters. The van der Waals surface area contributed by atoms with E-state index in [9.17, 15) is 24.9 Å². The van der Waals surface area contributed by atoms with Crippen LogP contribution in [0.5, 0.6) is 5.75 Å². The molecule has 1 aromatic carbocycles. The highest BCUT2D eigenvalue weighted by Crippen LogP contribution is 2.30. The summed E-state index contributed by atoms with van der Waals surface area (Å²) in [6.45, 7) is 0.426. The van der Waals surface area contributed by atoms with Crippen molar-refractivity contribution in [3.63, 3.8) is 0 Å². The molecule has 11 nitrogen and oxygen atoms in total. The molecule has 13 heteroatoms. The van der Waals surface area contributed by atoms with Gasteiger partial charge in [0.1, 0.15) is 11.4 Å². The van der Waals surface area contributed by atoms with E-state index < -0.39 is 24.9 Å². The van der Waals surface area contributed by atoms with Crippen molar-refractivity contribution in [2.75, 3.05) is 5.32 Å². The van der Waals surface area contributed by atoms with Crippen LogP contribution >= 0.6 is 11.3 Å². The molecular weight excluding hydrogens is 449 g/mol. The summed E-state index contributed by atoms with van der Waals surface area (Å²) in [5.41, 5.74) is 1.04. The number of amides is 1. The second kappa shape index (κ2) is 9.67. The number of carboxylic acids is 1. The number of fused-ring (bicyclic) bond motifs is 1. The monoisotopic (exact) mass is 467 g/mol. The summed E-state index contributed by atoms with van der Waals surface area (Å²) in [6, 6.07) is 10.1. The molecule has 5 N–H and O–H groups in total. The SMILES string of the molecule is O=C(N[C@H]1Cc2cccc(C(=O)O)c2OB1O)/C(=N\O)c1csc(NCc2ccccn2)n1. The Bertz CT molecular complexity index is 1200. The summed E-state index contributed by atoms with van der Waals surface area (Å²) < 4.78 is 5.36. The Hall–Kier alpha value is -3.97. The summed E-state index contributed by atoms with van der Waals surface area (Å²) in [7, 11) is -1.49. The van der Waals surface area contributed by atoms with Crippen LogP contribution in [0.25, 0.3) is 0 Å². The van der Waals surface area contributed by atoms with Crippen LogP contribution in [0, 0.1) is 0 Å². The maximum absolute atomic E-state index is 12.7. The molecule has 2 aromatic heterocycles. The second-order valence-corrected chi connectivity index (χ2v) is 7.91. The van der Waals surface area contributed by atoms with Gasteiger partial charge in [0.05, 0.1) is 23.7 Å². The lowest BCUT2D eigenvalue weighted by atomic mass is 9.72. The number of benzene rings is 1. The number of anilines is 1. The average molecular weight is 467 g/mol. The Morgan fingerprint density at radius 2 is 2.12 bits per heavy atom. The largest absolute Gasteiger partial charge is 0.547 e. The van der Waals surface area contributed by atoms with Crippen molar-refractivity contribution < 1.29 is 29.6 Å². The minimum atomic E-state index is -1.49. The van der Waals surface area contributed by atoms with E-state index in [-0.39, 0.29) is 29.1 Å². The fourth-order valence-corrected chi connectivity index (χ4v) is 3.99. The first kappa shape index (κ1) is 22.2. The van der Waals surface area contributed by atoms with E-state index in [2.05, 4.69) is 25.8 Å². The molecule has 0 fully saturated rings. The molecule has 4 rings (SSSR count). The van der Waals surface area contributed by atoms with Gasteiger partial charge in [0, 0.05) is 11.6 Å². The highest BCUT2D eigenvalue weighted by atomic mass is 32.1. The van der Waals surface area contributed by atoms with Crippen LogP contribution in [0.3, 0.4) is 0 Å². The topological polar surface area (TPSA) is 166 Å². The van der Waals surface area contributed by atoms with Crippen LogP contribution < -0.4 is 15.3 Å². The molecule has 0 saturated heterocycles. The number of hydrogen-bond donors (Lipinski definition) is 5. The normalized spacial score (nSPS) is 15.4. The van der Waals surface area contributed by atoms with Gasteiger partial charge in [-0.05, 0) is 30.2 Å². The summed E-state index contributed by atoms with van der Waals surface area (Å²) >= 11 is 1.22. The van der Waals surface area contributed by atoms with E-state index in [4.69, 9.17) is 4.65 Å². The third-order valence-electron chi connectivity index (χ3n) is 4.87. The van der Waals surface area contributed by atoms with Gasteiger partial charge >= 0.3 is 13.1 Å². The van der Waals surface area contributed by atoms with Gasteiger partial charge in [-0.15, -0.1) is 11.3 Å². The minimum absolute atomic E-state index is 0.0576. The number of carbonyl (C=O) groups excluding carboxylic acids is 1. The van der Waals surface area contributed by atoms with Crippen molar-refractivity contribution in [2.45, 2.75) is 18.9 Å².